The molecule has 2 heterocycles. The lowest BCUT2D eigenvalue weighted by atomic mass is 9.82. The summed E-state index contributed by atoms with van der Waals surface area (Å²) in [4.78, 5) is 41.0. The van der Waals surface area contributed by atoms with E-state index in [9.17, 15) is 19.5 Å². The molecular weight excluding hydrogens is 436 g/mol. The first-order chi connectivity index (χ1) is 16.3. The fourth-order valence-corrected chi connectivity index (χ4v) is 4.63. The van der Waals surface area contributed by atoms with Gasteiger partial charge in [-0.2, -0.15) is 0 Å². The highest BCUT2D eigenvalue weighted by atomic mass is 16.5. The van der Waals surface area contributed by atoms with E-state index in [-0.39, 0.29) is 36.8 Å². The van der Waals surface area contributed by atoms with Crippen LogP contribution in [0.25, 0.3) is 5.65 Å². The third kappa shape index (κ3) is 6.71. The minimum absolute atomic E-state index is 0.0211. The number of fused-ring (bicyclic) bond motifs is 1. The lowest BCUT2D eigenvalue weighted by Gasteiger charge is -2.30. The van der Waals surface area contributed by atoms with Crippen molar-refractivity contribution in [1.29, 1.82) is 0 Å². The first-order valence-electron chi connectivity index (χ1n) is 12.2. The van der Waals surface area contributed by atoms with Gasteiger partial charge in [-0.15, -0.1) is 0 Å². The minimum Gasteiger partial charge on any atom is -0.481 e. The number of nitrogens with zero attached hydrogens (tertiary/aromatic N) is 2. The molecule has 0 aliphatic heterocycles. The average Bonchev–Trinajstić information content (AvgIpc) is 3.13. The Morgan fingerprint density at radius 1 is 1.24 bits per heavy atom. The number of carbonyl (C=O) groups excluding carboxylic acids is 2. The van der Waals surface area contributed by atoms with Gasteiger partial charge in [0.2, 0.25) is 0 Å². The van der Waals surface area contributed by atoms with Crippen LogP contribution in [-0.2, 0) is 20.7 Å². The molecule has 1 unspecified atom stereocenters. The summed E-state index contributed by atoms with van der Waals surface area (Å²) in [7, 11) is 0. The normalized spacial score (nSPS) is 15.3. The predicted octanol–water partition coefficient (Wildman–Crippen LogP) is 3.66. The van der Waals surface area contributed by atoms with Crippen molar-refractivity contribution in [3.63, 3.8) is 0 Å². The molecular formula is C25H36N4O5. The first kappa shape index (κ1) is 25.5. The summed E-state index contributed by atoms with van der Waals surface area (Å²) in [5.74, 6) is -0.321. The van der Waals surface area contributed by atoms with Crippen LogP contribution < -0.4 is 10.6 Å². The van der Waals surface area contributed by atoms with E-state index in [4.69, 9.17) is 9.72 Å². The highest BCUT2D eigenvalue weighted by molar-refractivity contribution is 5.95. The molecule has 34 heavy (non-hydrogen) atoms. The van der Waals surface area contributed by atoms with Crippen LogP contribution in [-0.4, -0.2) is 51.5 Å². The van der Waals surface area contributed by atoms with Crippen molar-refractivity contribution < 1.29 is 24.2 Å². The van der Waals surface area contributed by atoms with Crippen molar-refractivity contribution >= 4 is 29.3 Å². The zero-order chi connectivity index (χ0) is 24.7. The Morgan fingerprint density at radius 2 is 1.97 bits per heavy atom. The van der Waals surface area contributed by atoms with E-state index >= 15 is 0 Å². The molecule has 3 N–H and O–H groups in total. The fourth-order valence-electron chi connectivity index (χ4n) is 4.63. The maximum absolute atomic E-state index is 13.1. The van der Waals surface area contributed by atoms with E-state index < -0.39 is 5.97 Å². The first-order valence-corrected chi connectivity index (χ1v) is 12.2. The van der Waals surface area contributed by atoms with E-state index in [1.54, 1.807) is 25.3 Å². The highest BCUT2D eigenvalue weighted by Crippen LogP contribution is 2.28. The molecule has 1 saturated carbocycles. The van der Waals surface area contributed by atoms with Crippen molar-refractivity contribution in [3.05, 3.63) is 29.6 Å². The molecule has 186 valence electrons. The summed E-state index contributed by atoms with van der Waals surface area (Å²) in [6.07, 6.45) is 7.54. The Hall–Kier alpha value is -3.10. The van der Waals surface area contributed by atoms with Crippen LogP contribution in [0, 0.1) is 11.8 Å². The summed E-state index contributed by atoms with van der Waals surface area (Å²) in [5.41, 5.74) is 1.82. The number of esters is 1. The van der Waals surface area contributed by atoms with Crippen LogP contribution in [0.2, 0.25) is 0 Å². The van der Waals surface area contributed by atoms with Gasteiger partial charge in [0.25, 0.3) is 5.91 Å². The zero-order valence-electron chi connectivity index (χ0n) is 20.3. The number of aliphatic carboxylic acids is 1. The Bertz CT molecular complexity index is 1010. The highest BCUT2D eigenvalue weighted by Gasteiger charge is 2.27. The van der Waals surface area contributed by atoms with Gasteiger partial charge in [-0.05, 0) is 50.2 Å². The number of ether oxygens (including phenoxy) is 1. The molecule has 2 aromatic rings. The topological polar surface area (TPSA) is 122 Å². The molecule has 1 aliphatic carbocycles. The van der Waals surface area contributed by atoms with E-state index in [1.165, 1.54) is 0 Å². The van der Waals surface area contributed by atoms with Crippen LogP contribution in [0.4, 0.5) is 5.82 Å². The number of aromatic nitrogens is 2. The summed E-state index contributed by atoms with van der Waals surface area (Å²) in [5, 5.41) is 15.5. The number of carbonyl (C=O) groups is 3. The van der Waals surface area contributed by atoms with Gasteiger partial charge < -0.3 is 20.5 Å². The molecule has 0 radical (unpaired) electrons. The fraction of sp³-hybridized carbons (Fsp3) is 0.600. The van der Waals surface area contributed by atoms with E-state index in [0.717, 1.165) is 37.8 Å². The Balaban J connectivity index is 1.82. The van der Waals surface area contributed by atoms with Gasteiger partial charge in [0, 0.05) is 17.8 Å². The lowest BCUT2D eigenvalue weighted by molar-refractivity contribution is -0.141. The molecule has 3 rings (SSSR count). The van der Waals surface area contributed by atoms with Crippen molar-refractivity contribution in [3.8, 4) is 0 Å². The van der Waals surface area contributed by atoms with Gasteiger partial charge in [-0.3, -0.25) is 18.8 Å². The van der Waals surface area contributed by atoms with Crippen LogP contribution in [0.1, 0.15) is 75.3 Å². The molecule has 0 bridgehead atoms. The van der Waals surface area contributed by atoms with E-state index in [2.05, 4.69) is 24.5 Å². The number of carboxylic acids is 1. The van der Waals surface area contributed by atoms with Gasteiger partial charge in [-0.25, -0.2) is 4.98 Å². The van der Waals surface area contributed by atoms with Crippen molar-refractivity contribution in [2.24, 2.45) is 11.8 Å². The van der Waals surface area contributed by atoms with Crippen molar-refractivity contribution in [2.75, 3.05) is 18.5 Å². The van der Waals surface area contributed by atoms with E-state index in [0.29, 0.717) is 36.0 Å². The number of nitrogens with one attached hydrogen (secondary N) is 2. The Labute approximate surface area is 200 Å². The molecule has 1 aliphatic rings. The van der Waals surface area contributed by atoms with Crippen molar-refractivity contribution in [1.82, 2.24) is 14.7 Å². The second-order valence-corrected chi connectivity index (χ2v) is 9.38. The van der Waals surface area contributed by atoms with Gasteiger partial charge in [-0.1, -0.05) is 33.1 Å². The van der Waals surface area contributed by atoms with Gasteiger partial charge in [0.05, 0.1) is 18.7 Å². The quantitative estimate of drug-likeness (QED) is 0.427. The number of rotatable bonds is 11. The number of imidazole rings is 1. The van der Waals surface area contributed by atoms with Crippen molar-refractivity contribution in [2.45, 2.75) is 71.8 Å². The molecule has 0 saturated heterocycles. The third-order valence-electron chi connectivity index (χ3n) is 6.20. The number of amides is 1. The predicted molar refractivity (Wildman–Crippen MR) is 129 cm³/mol. The third-order valence-corrected chi connectivity index (χ3v) is 6.20. The number of hydrogen-bond donors (Lipinski definition) is 3. The van der Waals surface area contributed by atoms with Crippen LogP contribution in [0.5, 0.6) is 0 Å². The van der Waals surface area contributed by atoms with Crippen LogP contribution in [0.3, 0.4) is 0 Å². The summed E-state index contributed by atoms with van der Waals surface area (Å²) in [6.45, 7) is 6.28. The Morgan fingerprint density at radius 3 is 2.62 bits per heavy atom. The number of carboxylic acid groups (broad SMARTS) is 1. The molecule has 2 aromatic heterocycles. The standard InChI is InChI=1S/C25H36N4O5/c1-4-34-23(32)15-26-24-20(12-16(2)3)27-21-13-18(10-11-29(21)24)25(33)28-19(14-22(30)31)17-8-6-5-7-9-17/h10-11,13,16-17,19,26H,4-9,12,14-15H2,1-3H3,(H,28,33)(H,30,31). The maximum Gasteiger partial charge on any atom is 0.325 e. The summed E-state index contributed by atoms with van der Waals surface area (Å²) < 4.78 is 6.84. The van der Waals surface area contributed by atoms with Gasteiger partial charge >= 0.3 is 11.9 Å². The average molecular weight is 473 g/mol. The largest absolute Gasteiger partial charge is 0.481 e. The number of hydrogen-bond acceptors (Lipinski definition) is 6. The van der Waals surface area contributed by atoms with Crippen LogP contribution in [0.15, 0.2) is 18.3 Å². The molecule has 0 spiro atoms. The second-order valence-electron chi connectivity index (χ2n) is 9.38. The van der Waals surface area contributed by atoms with E-state index in [1.807, 2.05) is 4.40 Å². The number of pyridine rings is 1. The number of anilines is 1. The molecule has 9 heteroatoms. The smallest absolute Gasteiger partial charge is 0.325 e. The molecule has 1 fully saturated rings. The second kappa shape index (κ2) is 11.9. The molecule has 9 nitrogen and oxygen atoms in total. The SMILES string of the molecule is CCOC(=O)CNc1c(CC(C)C)nc2cc(C(=O)NC(CC(=O)O)C3CCCCC3)ccn12. The lowest BCUT2D eigenvalue weighted by Crippen LogP contribution is -2.42. The van der Waals surface area contributed by atoms with Gasteiger partial charge in [0.15, 0.2) is 0 Å². The molecule has 1 amide bonds. The summed E-state index contributed by atoms with van der Waals surface area (Å²) >= 11 is 0. The molecule has 0 aromatic carbocycles. The Kier molecular flexibility index (Phi) is 8.90. The van der Waals surface area contributed by atoms with Crippen LogP contribution >= 0.6 is 0 Å². The maximum atomic E-state index is 13.1. The zero-order valence-corrected chi connectivity index (χ0v) is 20.3. The summed E-state index contributed by atoms with van der Waals surface area (Å²) in [6, 6.07) is 3.00. The monoisotopic (exact) mass is 472 g/mol. The molecule has 1 atom stereocenters. The van der Waals surface area contributed by atoms with Gasteiger partial charge in [0.1, 0.15) is 18.0 Å². The minimum atomic E-state index is -0.907.